The van der Waals surface area contributed by atoms with E-state index in [1.165, 1.54) is 37.8 Å². The lowest BCUT2D eigenvalue weighted by Crippen LogP contribution is -2.24. The number of hydrogen-bond acceptors (Lipinski definition) is 2. The first-order chi connectivity index (χ1) is 7.66. The summed E-state index contributed by atoms with van der Waals surface area (Å²) < 4.78 is 12.9. The van der Waals surface area contributed by atoms with E-state index >= 15 is 0 Å². The second kappa shape index (κ2) is 4.73. The van der Waals surface area contributed by atoms with Crippen molar-refractivity contribution in [1.29, 1.82) is 0 Å². The second-order valence-electron chi connectivity index (χ2n) is 4.71. The van der Waals surface area contributed by atoms with E-state index in [0.717, 1.165) is 18.2 Å². The minimum atomic E-state index is -0.270. The first-order valence-corrected chi connectivity index (χ1v) is 5.93. The summed E-state index contributed by atoms with van der Waals surface area (Å²) in [5.74, 6) is 0.623. The van der Waals surface area contributed by atoms with E-state index in [4.69, 9.17) is 5.73 Å². The lowest BCUT2D eigenvalue weighted by atomic mass is 9.83. The van der Waals surface area contributed by atoms with Crippen LogP contribution in [0.1, 0.15) is 25.7 Å². The Bertz CT molecular complexity index is 361. The van der Waals surface area contributed by atoms with Gasteiger partial charge in [0.1, 0.15) is 5.82 Å². The van der Waals surface area contributed by atoms with Crippen molar-refractivity contribution in [1.82, 2.24) is 0 Å². The van der Waals surface area contributed by atoms with Gasteiger partial charge in [-0.25, -0.2) is 4.39 Å². The molecule has 3 heteroatoms. The summed E-state index contributed by atoms with van der Waals surface area (Å²) >= 11 is 0. The minimum absolute atomic E-state index is 0.270. The molecule has 0 aliphatic heterocycles. The highest BCUT2D eigenvalue weighted by atomic mass is 19.1. The van der Waals surface area contributed by atoms with Crippen molar-refractivity contribution in [3.63, 3.8) is 0 Å². The van der Waals surface area contributed by atoms with Crippen molar-refractivity contribution >= 4 is 11.4 Å². The molecule has 0 spiro atoms. The van der Waals surface area contributed by atoms with E-state index in [1.54, 1.807) is 6.07 Å². The van der Waals surface area contributed by atoms with Crippen molar-refractivity contribution < 1.29 is 4.39 Å². The van der Waals surface area contributed by atoms with Gasteiger partial charge in [-0.1, -0.05) is 19.3 Å². The van der Waals surface area contributed by atoms with Crippen LogP contribution in [0.15, 0.2) is 18.2 Å². The highest BCUT2D eigenvalue weighted by Gasteiger charge is 2.17. The Balaban J connectivity index is 1.93. The van der Waals surface area contributed by atoms with Crippen molar-refractivity contribution in [2.24, 2.45) is 5.92 Å². The number of nitrogens with two attached hydrogens (primary N) is 1. The maximum Gasteiger partial charge on any atom is 0.125 e. The summed E-state index contributed by atoms with van der Waals surface area (Å²) in [6.07, 6.45) is 5.33. The fourth-order valence-electron chi connectivity index (χ4n) is 2.15. The van der Waals surface area contributed by atoms with Crippen molar-refractivity contribution in [2.75, 3.05) is 24.2 Å². The number of halogens is 1. The minimum Gasteiger partial charge on any atom is -0.397 e. The monoisotopic (exact) mass is 222 g/mol. The average molecular weight is 222 g/mol. The maximum absolute atomic E-state index is 12.9. The van der Waals surface area contributed by atoms with Crippen molar-refractivity contribution in [2.45, 2.75) is 25.7 Å². The van der Waals surface area contributed by atoms with Gasteiger partial charge in [0.05, 0.1) is 11.4 Å². The quantitative estimate of drug-likeness (QED) is 0.793. The Morgan fingerprint density at radius 1 is 1.44 bits per heavy atom. The first-order valence-electron chi connectivity index (χ1n) is 5.93. The molecule has 2 nitrogen and oxygen atoms in total. The van der Waals surface area contributed by atoms with E-state index in [1.807, 2.05) is 7.05 Å². The molecule has 2 rings (SSSR count). The lowest BCUT2D eigenvalue weighted by Gasteiger charge is -2.29. The van der Waals surface area contributed by atoms with Crippen LogP contribution >= 0.6 is 0 Å². The summed E-state index contributed by atoms with van der Waals surface area (Å²) in [7, 11) is 2.02. The molecule has 0 bridgehead atoms. The zero-order valence-corrected chi connectivity index (χ0v) is 9.75. The topological polar surface area (TPSA) is 29.3 Å². The van der Waals surface area contributed by atoms with Gasteiger partial charge in [-0.2, -0.15) is 0 Å². The standard InChI is InChI=1S/C13H19FN2/c1-16(8-7-10-3-2-4-10)13-6-5-11(14)9-12(13)15/h5-6,9-10H,2-4,7-8,15H2,1H3. The van der Waals surface area contributed by atoms with Gasteiger partial charge in [0.15, 0.2) is 0 Å². The van der Waals surface area contributed by atoms with Crippen LogP contribution in [0.4, 0.5) is 15.8 Å². The number of hydrogen-bond donors (Lipinski definition) is 1. The molecule has 2 N–H and O–H groups in total. The van der Waals surface area contributed by atoms with E-state index in [-0.39, 0.29) is 5.82 Å². The maximum atomic E-state index is 12.9. The normalized spacial score (nSPS) is 15.9. The zero-order valence-electron chi connectivity index (χ0n) is 9.75. The number of benzene rings is 1. The Morgan fingerprint density at radius 3 is 2.75 bits per heavy atom. The summed E-state index contributed by atoms with van der Waals surface area (Å²) in [4.78, 5) is 2.12. The summed E-state index contributed by atoms with van der Waals surface area (Å²) in [5, 5.41) is 0. The van der Waals surface area contributed by atoms with E-state index in [2.05, 4.69) is 4.90 Å². The Morgan fingerprint density at radius 2 is 2.19 bits per heavy atom. The smallest absolute Gasteiger partial charge is 0.125 e. The van der Waals surface area contributed by atoms with Crippen LogP contribution in [-0.2, 0) is 0 Å². The number of anilines is 2. The molecule has 0 amide bonds. The van der Waals surface area contributed by atoms with Crippen LogP contribution in [0, 0.1) is 11.7 Å². The van der Waals surface area contributed by atoms with Gasteiger partial charge >= 0.3 is 0 Å². The molecule has 1 aliphatic carbocycles. The summed E-state index contributed by atoms with van der Waals surface area (Å²) in [6, 6.07) is 4.60. The van der Waals surface area contributed by atoms with Gasteiger partial charge in [0.25, 0.3) is 0 Å². The van der Waals surface area contributed by atoms with Gasteiger partial charge in [0, 0.05) is 13.6 Å². The third-order valence-electron chi connectivity index (χ3n) is 3.50. The molecular weight excluding hydrogens is 203 g/mol. The second-order valence-corrected chi connectivity index (χ2v) is 4.71. The zero-order chi connectivity index (χ0) is 11.5. The molecule has 1 fully saturated rings. The number of nitrogens with zero attached hydrogens (tertiary/aromatic N) is 1. The summed E-state index contributed by atoms with van der Waals surface area (Å²) in [5.41, 5.74) is 7.25. The van der Waals surface area contributed by atoms with Crippen molar-refractivity contribution in [3.8, 4) is 0 Å². The molecule has 16 heavy (non-hydrogen) atoms. The van der Waals surface area contributed by atoms with E-state index in [0.29, 0.717) is 5.69 Å². The molecule has 1 aromatic carbocycles. The Kier molecular flexibility index (Phi) is 3.32. The Hall–Kier alpha value is -1.25. The van der Waals surface area contributed by atoms with Crippen LogP contribution in [0.5, 0.6) is 0 Å². The van der Waals surface area contributed by atoms with Crippen LogP contribution in [0.3, 0.4) is 0 Å². The predicted octanol–water partition coefficient (Wildman–Crippen LogP) is 3.03. The highest BCUT2D eigenvalue weighted by Crippen LogP contribution is 2.30. The first kappa shape index (κ1) is 11.2. The van der Waals surface area contributed by atoms with Crippen LogP contribution in [0.2, 0.25) is 0 Å². The highest BCUT2D eigenvalue weighted by molar-refractivity contribution is 5.67. The predicted molar refractivity (Wildman–Crippen MR) is 66.0 cm³/mol. The SMILES string of the molecule is CN(CCC1CCC1)c1ccc(F)cc1N. The van der Waals surface area contributed by atoms with Crippen LogP contribution in [-0.4, -0.2) is 13.6 Å². The molecule has 0 heterocycles. The molecule has 1 saturated carbocycles. The van der Waals surface area contributed by atoms with E-state index < -0.39 is 0 Å². The van der Waals surface area contributed by atoms with E-state index in [9.17, 15) is 4.39 Å². The number of nitrogen functional groups attached to an aromatic ring is 1. The van der Waals surface area contributed by atoms with Gasteiger partial charge in [-0.05, 0) is 30.5 Å². The summed E-state index contributed by atoms with van der Waals surface area (Å²) in [6.45, 7) is 1.00. The molecule has 0 saturated heterocycles. The van der Waals surface area contributed by atoms with Crippen LogP contribution < -0.4 is 10.6 Å². The average Bonchev–Trinajstić information content (AvgIpc) is 2.14. The molecule has 1 aromatic rings. The molecule has 0 unspecified atom stereocenters. The lowest BCUT2D eigenvalue weighted by molar-refractivity contribution is 0.299. The molecule has 0 radical (unpaired) electrons. The van der Waals surface area contributed by atoms with Crippen molar-refractivity contribution in [3.05, 3.63) is 24.0 Å². The molecule has 0 atom stereocenters. The Labute approximate surface area is 96.2 Å². The molecule has 0 aromatic heterocycles. The molecular formula is C13H19FN2. The van der Waals surface area contributed by atoms with Gasteiger partial charge in [-0.3, -0.25) is 0 Å². The van der Waals surface area contributed by atoms with Gasteiger partial charge in [0.2, 0.25) is 0 Å². The third-order valence-corrected chi connectivity index (χ3v) is 3.50. The third kappa shape index (κ3) is 2.46. The fourth-order valence-corrected chi connectivity index (χ4v) is 2.15. The van der Waals surface area contributed by atoms with Crippen LogP contribution in [0.25, 0.3) is 0 Å². The fraction of sp³-hybridized carbons (Fsp3) is 0.538. The molecule has 1 aliphatic rings. The number of rotatable bonds is 4. The van der Waals surface area contributed by atoms with Gasteiger partial charge in [-0.15, -0.1) is 0 Å². The van der Waals surface area contributed by atoms with Gasteiger partial charge < -0.3 is 10.6 Å². The largest absolute Gasteiger partial charge is 0.397 e. The molecule has 88 valence electrons.